The number of aliphatic hydroxyl groups is 3. The summed E-state index contributed by atoms with van der Waals surface area (Å²) in [6.07, 6.45) is -3.69. The molecule has 1 aromatic rings. The molecule has 2 heterocycles. The number of hydrogen-bond donors (Lipinski definition) is 5. The number of amides is 1. The standard InChI is InChI=1S/C9H14N4O5/c10-7(16)3-1-13(2-12-3)9-5(15)4(14)6(18-9)8(11)17/h1-2,4-6,8-9,14-15,17H,11H2,(H2,10,16)/t4-,5+,6-,8?,9+/m0/s1. The number of ether oxygens (including phenoxy) is 1. The van der Waals surface area contributed by atoms with E-state index in [4.69, 9.17) is 16.2 Å². The van der Waals surface area contributed by atoms with Crippen LogP contribution < -0.4 is 11.5 Å². The van der Waals surface area contributed by atoms with E-state index in [-0.39, 0.29) is 5.69 Å². The van der Waals surface area contributed by atoms with Crippen molar-refractivity contribution in [2.24, 2.45) is 11.5 Å². The minimum atomic E-state index is -1.43. The summed E-state index contributed by atoms with van der Waals surface area (Å²) in [7, 11) is 0. The lowest BCUT2D eigenvalue weighted by atomic mass is 10.1. The number of nitrogens with zero attached hydrogens (tertiary/aromatic N) is 2. The van der Waals surface area contributed by atoms with Gasteiger partial charge in [0.05, 0.1) is 6.33 Å². The highest BCUT2D eigenvalue weighted by Gasteiger charge is 2.46. The predicted octanol–water partition coefficient (Wildman–Crippen LogP) is -3.12. The van der Waals surface area contributed by atoms with E-state index in [0.29, 0.717) is 0 Å². The minimum Gasteiger partial charge on any atom is -0.387 e. The summed E-state index contributed by atoms with van der Waals surface area (Å²) in [6, 6.07) is 0. The Hall–Kier alpha value is -1.52. The van der Waals surface area contributed by atoms with Crippen molar-refractivity contribution in [2.75, 3.05) is 0 Å². The molecule has 1 saturated heterocycles. The largest absolute Gasteiger partial charge is 0.387 e. The Labute approximate surface area is 102 Å². The van der Waals surface area contributed by atoms with Crippen LogP contribution in [0.3, 0.4) is 0 Å². The van der Waals surface area contributed by atoms with Crippen LogP contribution in [0.25, 0.3) is 0 Å². The summed E-state index contributed by atoms with van der Waals surface area (Å²) in [5.74, 6) is -0.725. The molecule has 0 radical (unpaired) electrons. The second-order valence-electron chi connectivity index (χ2n) is 4.03. The van der Waals surface area contributed by atoms with Crippen molar-refractivity contribution < 1.29 is 24.9 Å². The Morgan fingerprint density at radius 3 is 2.61 bits per heavy atom. The smallest absolute Gasteiger partial charge is 0.268 e. The number of carbonyl (C=O) groups excluding carboxylic acids is 1. The molecule has 9 heteroatoms. The zero-order valence-corrected chi connectivity index (χ0v) is 9.25. The molecule has 0 saturated carbocycles. The van der Waals surface area contributed by atoms with Gasteiger partial charge >= 0.3 is 0 Å². The van der Waals surface area contributed by atoms with Crippen LogP contribution in [-0.2, 0) is 4.74 Å². The van der Waals surface area contributed by atoms with Gasteiger partial charge in [0.2, 0.25) is 0 Å². The van der Waals surface area contributed by atoms with Crippen molar-refractivity contribution in [3.8, 4) is 0 Å². The van der Waals surface area contributed by atoms with Crippen LogP contribution in [0.4, 0.5) is 0 Å². The third-order valence-corrected chi connectivity index (χ3v) is 2.76. The van der Waals surface area contributed by atoms with Gasteiger partial charge in [0.25, 0.3) is 5.91 Å². The SMILES string of the molecule is NC(=O)c1cn([C@@H]2O[C@H](C(N)O)[C@@H](O)[C@H]2O)cn1. The maximum Gasteiger partial charge on any atom is 0.268 e. The summed E-state index contributed by atoms with van der Waals surface area (Å²) in [4.78, 5) is 14.6. The molecule has 1 aliphatic rings. The van der Waals surface area contributed by atoms with E-state index in [9.17, 15) is 20.1 Å². The van der Waals surface area contributed by atoms with Crippen LogP contribution in [0.15, 0.2) is 12.5 Å². The number of aliphatic hydroxyl groups excluding tert-OH is 3. The number of primary amides is 1. The van der Waals surface area contributed by atoms with Gasteiger partial charge < -0.3 is 36.1 Å². The molecule has 0 spiro atoms. The minimum absolute atomic E-state index is 0.00274. The van der Waals surface area contributed by atoms with Crippen LogP contribution in [0.5, 0.6) is 0 Å². The quantitative estimate of drug-likeness (QED) is 0.359. The normalized spacial score (nSPS) is 33.6. The monoisotopic (exact) mass is 258 g/mol. The van der Waals surface area contributed by atoms with E-state index in [0.717, 1.165) is 0 Å². The van der Waals surface area contributed by atoms with E-state index in [1.54, 1.807) is 0 Å². The van der Waals surface area contributed by atoms with Gasteiger partial charge in [0.15, 0.2) is 6.23 Å². The molecule has 0 aliphatic carbocycles. The van der Waals surface area contributed by atoms with E-state index in [1.807, 2.05) is 0 Å². The Morgan fingerprint density at radius 2 is 2.17 bits per heavy atom. The Bertz CT molecular complexity index is 448. The zero-order valence-electron chi connectivity index (χ0n) is 9.25. The van der Waals surface area contributed by atoms with Crippen molar-refractivity contribution in [1.29, 1.82) is 0 Å². The molecule has 7 N–H and O–H groups in total. The van der Waals surface area contributed by atoms with Crippen LogP contribution in [0.1, 0.15) is 16.7 Å². The molecule has 1 aliphatic heterocycles. The van der Waals surface area contributed by atoms with Crippen molar-refractivity contribution in [1.82, 2.24) is 9.55 Å². The molecule has 2 rings (SSSR count). The summed E-state index contributed by atoms with van der Waals surface area (Å²) < 4.78 is 6.50. The van der Waals surface area contributed by atoms with Gasteiger partial charge in [-0.15, -0.1) is 0 Å². The van der Waals surface area contributed by atoms with E-state index in [1.165, 1.54) is 17.1 Å². The lowest BCUT2D eigenvalue weighted by Gasteiger charge is -2.16. The lowest BCUT2D eigenvalue weighted by Crippen LogP contribution is -2.43. The van der Waals surface area contributed by atoms with Crippen molar-refractivity contribution in [3.05, 3.63) is 18.2 Å². The molecular formula is C9H14N4O5. The Morgan fingerprint density at radius 1 is 1.50 bits per heavy atom. The van der Waals surface area contributed by atoms with Crippen LogP contribution in [0, 0.1) is 0 Å². The number of hydrogen-bond acceptors (Lipinski definition) is 7. The summed E-state index contributed by atoms with van der Waals surface area (Å²) in [5.41, 5.74) is 10.2. The molecule has 100 valence electrons. The number of imidazole rings is 1. The van der Waals surface area contributed by atoms with Crippen molar-refractivity contribution >= 4 is 5.91 Å². The van der Waals surface area contributed by atoms with Gasteiger partial charge in [-0.1, -0.05) is 0 Å². The van der Waals surface area contributed by atoms with E-state index >= 15 is 0 Å². The van der Waals surface area contributed by atoms with E-state index < -0.39 is 36.7 Å². The highest BCUT2D eigenvalue weighted by molar-refractivity contribution is 5.90. The van der Waals surface area contributed by atoms with Crippen molar-refractivity contribution in [2.45, 2.75) is 30.8 Å². The number of carbonyl (C=O) groups is 1. The molecule has 1 fully saturated rings. The zero-order chi connectivity index (χ0) is 13.4. The van der Waals surface area contributed by atoms with Gasteiger partial charge in [-0.3, -0.25) is 4.79 Å². The molecule has 0 bridgehead atoms. The fraction of sp³-hybridized carbons (Fsp3) is 0.556. The molecule has 5 atom stereocenters. The van der Waals surface area contributed by atoms with Crippen LogP contribution in [-0.4, -0.2) is 55.3 Å². The average Bonchev–Trinajstić information content (AvgIpc) is 2.86. The van der Waals surface area contributed by atoms with Crippen LogP contribution >= 0.6 is 0 Å². The molecule has 1 unspecified atom stereocenters. The average molecular weight is 258 g/mol. The highest BCUT2D eigenvalue weighted by atomic mass is 16.6. The third-order valence-electron chi connectivity index (χ3n) is 2.76. The van der Waals surface area contributed by atoms with Gasteiger partial charge in [-0.25, -0.2) is 4.98 Å². The van der Waals surface area contributed by atoms with Gasteiger partial charge in [0.1, 0.15) is 30.2 Å². The Kier molecular flexibility index (Phi) is 3.32. The number of aromatic nitrogens is 2. The summed E-state index contributed by atoms with van der Waals surface area (Å²) >= 11 is 0. The van der Waals surface area contributed by atoms with Gasteiger partial charge in [-0.2, -0.15) is 0 Å². The first-order chi connectivity index (χ1) is 8.41. The topological polar surface area (TPSA) is 157 Å². The van der Waals surface area contributed by atoms with Gasteiger partial charge in [0, 0.05) is 6.20 Å². The predicted molar refractivity (Wildman–Crippen MR) is 56.9 cm³/mol. The first-order valence-corrected chi connectivity index (χ1v) is 5.20. The maximum atomic E-state index is 10.9. The second kappa shape index (κ2) is 4.63. The highest BCUT2D eigenvalue weighted by Crippen LogP contribution is 2.30. The second-order valence-corrected chi connectivity index (χ2v) is 4.03. The first-order valence-electron chi connectivity index (χ1n) is 5.20. The number of rotatable bonds is 3. The summed E-state index contributed by atoms with van der Waals surface area (Å²) in [6.45, 7) is 0. The maximum absolute atomic E-state index is 10.9. The van der Waals surface area contributed by atoms with Gasteiger partial charge in [-0.05, 0) is 0 Å². The molecule has 1 aromatic heterocycles. The third kappa shape index (κ3) is 2.09. The lowest BCUT2D eigenvalue weighted by molar-refractivity contribution is -0.0824. The Balaban J connectivity index is 2.20. The number of nitrogens with two attached hydrogens (primary N) is 2. The van der Waals surface area contributed by atoms with E-state index in [2.05, 4.69) is 4.98 Å². The molecule has 0 aromatic carbocycles. The van der Waals surface area contributed by atoms with Crippen molar-refractivity contribution in [3.63, 3.8) is 0 Å². The van der Waals surface area contributed by atoms with Crippen LogP contribution in [0.2, 0.25) is 0 Å². The first kappa shape index (κ1) is 12.9. The molecule has 9 nitrogen and oxygen atoms in total. The fourth-order valence-electron chi connectivity index (χ4n) is 1.82. The molecule has 18 heavy (non-hydrogen) atoms. The molecular weight excluding hydrogens is 244 g/mol. The fourth-order valence-corrected chi connectivity index (χ4v) is 1.82. The summed E-state index contributed by atoms with van der Waals surface area (Å²) in [5, 5.41) is 28.6. The molecule has 1 amide bonds.